The van der Waals surface area contributed by atoms with Gasteiger partial charge in [0.25, 0.3) is 0 Å². The number of pyridine rings is 1. The van der Waals surface area contributed by atoms with E-state index in [2.05, 4.69) is 39.5 Å². The second-order valence-electron chi connectivity index (χ2n) is 7.34. The minimum atomic E-state index is -0.577. The van der Waals surface area contributed by atoms with E-state index < -0.39 is 6.10 Å². The van der Waals surface area contributed by atoms with E-state index in [1.807, 2.05) is 12.1 Å². The van der Waals surface area contributed by atoms with Crippen LogP contribution in [0.25, 0.3) is 11.0 Å². The number of aliphatic hydroxyl groups excluding tert-OH is 1. The number of carbonyl (C=O) groups is 1. The van der Waals surface area contributed by atoms with Gasteiger partial charge in [-0.05, 0) is 29.7 Å². The summed E-state index contributed by atoms with van der Waals surface area (Å²) in [6, 6.07) is 12.3. The second kappa shape index (κ2) is 8.54. The smallest absolute Gasteiger partial charge is 0.220 e. The number of amides is 1. The van der Waals surface area contributed by atoms with Crippen molar-refractivity contribution in [2.75, 3.05) is 19.6 Å². The van der Waals surface area contributed by atoms with Gasteiger partial charge in [-0.3, -0.25) is 14.7 Å². The average molecular weight is 379 g/mol. The van der Waals surface area contributed by atoms with Crippen LogP contribution < -0.4 is 5.32 Å². The van der Waals surface area contributed by atoms with E-state index in [-0.39, 0.29) is 12.5 Å². The summed E-state index contributed by atoms with van der Waals surface area (Å²) < 4.78 is 5.67. The Morgan fingerprint density at radius 1 is 1.29 bits per heavy atom. The first-order chi connectivity index (χ1) is 13.7. The van der Waals surface area contributed by atoms with Crippen LogP contribution in [-0.4, -0.2) is 46.6 Å². The molecule has 146 valence electrons. The summed E-state index contributed by atoms with van der Waals surface area (Å²) in [6.07, 6.45) is 4.68. The van der Waals surface area contributed by atoms with Gasteiger partial charge in [-0.1, -0.05) is 24.3 Å². The second-order valence-corrected chi connectivity index (χ2v) is 7.34. The normalized spacial score (nSPS) is 15.3. The number of carbonyl (C=O) groups excluding carboxylic acids is 1. The Bertz CT molecular complexity index is 920. The lowest BCUT2D eigenvalue weighted by atomic mass is 10.00. The number of rotatable bonds is 7. The van der Waals surface area contributed by atoms with E-state index in [0.717, 1.165) is 36.2 Å². The molecule has 3 aromatic rings. The molecule has 1 aromatic carbocycles. The Labute approximate surface area is 164 Å². The number of furan rings is 1. The van der Waals surface area contributed by atoms with Crippen molar-refractivity contribution in [3.05, 3.63) is 65.7 Å². The predicted octanol–water partition coefficient (Wildman–Crippen LogP) is 2.30. The van der Waals surface area contributed by atoms with Crippen molar-refractivity contribution in [1.82, 2.24) is 15.2 Å². The number of aryl methyl sites for hydroxylation is 1. The van der Waals surface area contributed by atoms with Gasteiger partial charge in [0, 0.05) is 50.6 Å². The highest BCUT2D eigenvalue weighted by molar-refractivity contribution is 5.78. The molecular formula is C22H25N3O3. The highest BCUT2D eigenvalue weighted by Gasteiger charge is 2.18. The Morgan fingerprint density at radius 2 is 2.14 bits per heavy atom. The maximum absolute atomic E-state index is 12.1. The van der Waals surface area contributed by atoms with Crippen LogP contribution in [0.5, 0.6) is 0 Å². The Morgan fingerprint density at radius 3 is 3.00 bits per heavy atom. The van der Waals surface area contributed by atoms with Gasteiger partial charge in [0.1, 0.15) is 5.76 Å². The maximum atomic E-state index is 12.1. The van der Waals surface area contributed by atoms with Crippen LogP contribution in [0.4, 0.5) is 0 Å². The summed E-state index contributed by atoms with van der Waals surface area (Å²) in [4.78, 5) is 18.4. The van der Waals surface area contributed by atoms with Gasteiger partial charge in [-0.2, -0.15) is 0 Å². The monoisotopic (exact) mass is 379 g/mol. The summed E-state index contributed by atoms with van der Waals surface area (Å²) in [5.41, 5.74) is 3.45. The van der Waals surface area contributed by atoms with Crippen LogP contribution in [-0.2, 0) is 24.2 Å². The van der Waals surface area contributed by atoms with Crippen molar-refractivity contribution < 1.29 is 14.3 Å². The van der Waals surface area contributed by atoms with E-state index in [1.165, 1.54) is 11.1 Å². The lowest BCUT2D eigenvalue weighted by molar-refractivity contribution is -0.121. The summed E-state index contributed by atoms with van der Waals surface area (Å²) >= 11 is 0. The first kappa shape index (κ1) is 18.7. The molecule has 1 unspecified atom stereocenters. The fraction of sp³-hybridized carbons (Fsp3) is 0.364. The molecule has 6 nitrogen and oxygen atoms in total. The van der Waals surface area contributed by atoms with Gasteiger partial charge in [-0.15, -0.1) is 0 Å². The lowest BCUT2D eigenvalue weighted by Crippen LogP contribution is -2.42. The average Bonchev–Trinajstić information content (AvgIpc) is 3.14. The molecule has 1 aliphatic rings. The fourth-order valence-corrected chi connectivity index (χ4v) is 3.69. The van der Waals surface area contributed by atoms with Gasteiger partial charge >= 0.3 is 0 Å². The van der Waals surface area contributed by atoms with Crippen molar-refractivity contribution in [2.24, 2.45) is 0 Å². The quantitative estimate of drug-likeness (QED) is 0.659. The first-order valence-electron chi connectivity index (χ1n) is 9.74. The lowest BCUT2D eigenvalue weighted by Gasteiger charge is -2.30. The fourth-order valence-electron chi connectivity index (χ4n) is 3.69. The van der Waals surface area contributed by atoms with Crippen molar-refractivity contribution in [3.63, 3.8) is 0 Å². The number of hydrogen-bond donors (Lipinski definition) is 2. The van der Waals surface area contributed by atoms with E-state index >= 15 is 0 Å². The zero-order valence-electron chi connectivity index (χ0n) is 15.8. The number of benzene rings is 1. The molecular weight excluding hydrogens is 354 g/mol. The van der Waals surface area contributed by atoms with Crippen LogP contribution in [0.1, 0.15) is 23.3 Å². The molecule has 0 fully saturated rings. The van der Waals surface area contributed by atoms with Crippen molar-refractivity contribution in [3.8, 4) is 0 Å². The Balaban J connectivity index is 1.19. The topological polar surface area (TPSA) is 78.6 Å². The molecule has 6 heteroatoms. The molecule has 0 aliphatic carbocycles. The van der Waals surface area contributed by atoms with Crippen molar-refractivity contribution in [2.45, 2.75) is 31.9 Å². The molecule has 4 rings (SSSR count). The highest BCUT2D eigenvalue weighted by Crippen LogP contribution is 2.19. The highest BCUT2D eigenvalue weighted by atomic mass is 16.3. The van der Waals surface area contributed by atoms with Gasteiger partial charge in [0.05, 0.1) is 12.3 Å². The third kappa shape index (κ3) is 4.58. The van der Waals surface area contributed by atoms with Crippen LogP contribution in [0.15, 0.2) is 53.2 Å². The van der Waals surface area contributed by atoms with Gasteiger partial charge in [0.2, 0.25) is 5.91 Å². The molecule has 3 heterocycles. The molecule has 28 heavy (non-hydrogen) atoms. The summed E-state index contributed by atoms with van der Waals surface area (Å²) in [7, 11) is 0. The molecule has 0 saturated heterocycles. The van der Waals surface area contributed by atoms with Gasteiger partial charge in [-0.25, -0.2) is 0 Å². The van der Waals surface area contributed by atoms with Gasteiger partial charge < -0.3 is 14.8 Å². The standard InChI is InChI=1S/C22H25N3O3/c26-19(15-25-10-8-16-3-1-2-4-18(16)14-25)12-24-22(27)6-5-20-11-17-7-9-23-13-21(17)28-20/h1-4,7,9,11,13,19,26H,5-6,8,10,12,14-15H2,(H,24,27). The third-order valence-corrected chi connectivity index (χ3v) is 5.19. The molecule has 1 aliphatic heterocycles. The molecule has 0 saturated carbocycles. The summed E-state index contributed by atoms with van der Waals surface area (Å²) in [6.45, 7) is 2.61. The maximum Gasteiger partial charge on any atom is 0.220 e. The van der Waals surface area contributed by atoms with Crippen LogP contribution in [0.2, 0.25) is 0 Å². The molecule has 2 aromatic heterocycles. The zero-order valence-corrected chi connectivity index (χ0v) is 15.8. The van der Waals surface area contributed by atoms with Gasteiger partial charge in [0.15, 0.2) is 5.58 Å². The zero-order chi connectivity index (χ0) is 19.3. The molecule has 0 spiro atoms. The largest absolute Gasteiger partial charge is 0.459 e. The number of hydrogen-bond acceptors (Lipinski definition) is 5. The number of aromatic nitrogens is 1. The third-order valence-electron chi connectivity index (χ3n) is 5.19. The molecule has 0 bridgehead atoms. The van der Waals surface area contributed by atoms with Crippen molar-refractivity contribution >= 4 is 16.9 Å². The van der Waals surface area contributed by atoms with Crippen molar-refractivity contribution in [1.29, 1.82) is 0 Å². The van der Waals surface area contributed by atoms with Crippen LogP contribution in [0, 0.1) is 0 Å². The van der Waals surface area contributed by atoms with E-state index in [1.54, 1.807) is 12.4 Å². The molecule has 0 radical (unpaired) electrons. The number of β-amino-alcohol motifs (C(OH)–C–C–N with tert-alkyl or cyclic N) is 1. The van der Waals surface area contributed by atoms with E-state index in [0.29, 0.717) is 19.4 Å². The number of nitrogens with one attached hydrogen (secondary N) is 1. The minimum absolute atomic E-state index is 0.0818. The summed E-state index contributed by atoms with van der Waals surface area (Å²) in [5, 5.41) is 14.1. The molecule has 1 amide bonds. The Hall–Kier alpha value is -2.70. The molecule has 1 atom stereocenters. The number of nitrogens with zero attached hydrogens (tertiary/aromatic N) is 2. The van der Waals surface area contributed by atoms with E-state index in [4.69, 9.17) is 4.42 Å². The predicted molar refractivity (Wildman–Crippen MR) is 107 cm³/mol. The van der Waals surface area contributed by atoms with Crippen LogP contribution >= 0.6 is 0 Å². The summed E-state index contributed by atoms with van der Waals surface area (Å²) in [5.74, 6) is 0.687. The number of fused-ring (bicyclic) bond motifs is 2. The molecule has 2 N–H and O–H groups in total. The van der Waals surface area contributed by atoms with Crippen LogP contribution in [0.3, 0.4) is 0 Å². The number of aliphatic hydroxyl groups is 1. The first-order valence-corrected chi connectivity index (χ1v) is 9.74. The Kier molecular flexibility index (Phi) is 5.69. The minimum Gasteiger partial charge on any atom is -0.459 e. The van der Waals surface area contributed by atoms with E-state index in [9.17, 15) is 9.90 Å². The SMILES string of the molecule is O=C(CCc1cc2ccncc2o1)NCC(O)CN1CCc2ccccc2C1.